The van der Waals surface area contributed by atoms with E-state index >= 15 is 0 Å². The highest BCUT2D eigenvalue weighted by Gasteiger charge is 2.21. The summed E-state index contributed by atoms with van der Waals surface area (Å²) in [4.78, 5) is 10.2. The quantitative estimate of drug-likeness (QED) is 0.481. The number of aromatic amines is 1. The van der Waals surface area contributed by atoms with E-state index in [9.17, 15) is 8.42 Å². The molecule has 0 amide bonds. The van der Waals surface area contributed by atoms with Crippen molar-refractivity contribution in [1.82, 2.24) is 15.0 Å². The van der Waals surface area contributed by atoms with Gasteiger partial charge in [0.05, 0.1) is 0 Å². The first-order chi connectivity index (χ1) is 8.53. The average Bonchev–Trinajstić information content (AvgIpc) is 2.81. The highest BCUT2D eigenvalue weighted by molar-refractivity contribution is 9.10. The molecule has 0 radical (unpaired) electrons. The second-order valence-electron chi connectivity index (χ2n) is 3.19. The molecule has 0 unspecified atom stereocenters. The zero-order valence-corrected chi connectivity index (χ0v) is 11.3. The van der Waals surface area contributed by atoms with E-state index in [4.69, 9.17) is 5.84 Å². The van der Waals surface area contributed by atoms with Gasteiger partial charge < -0.3 is 10.4 Å². The lowest BCUT2D eigenvalue weighted by molar-refractivity contribution is 0.600. The first kappa shape index (κ1) is 12.8. The minimum absolute atomic E-state index is 0.0391. The number of nitrogens with two attached hydrogens (primary N) is 1. The number of hydrogen-bond donors (Lipinski definition) is 4. The lowest BCUT2D eigenvalue weighted by atomic mass is 10.5. The van der Waals surface area contributed by atoms with Gasteiger partial charge in [0.25, 0.3) is 10.0 Å². The Hall–Kier alpha value is -1.65. The second kappa shape index (κ2) is 4.92. The summed E-state index contributed by atoms with van der Waals surface area (Å²) in [6.07, 6.45) is 4.36. The van der Waals surface area contributed by atoms with Gasteiger partial charge in [-0.3, -0.25) is 0 Å². The molecule has 0 spiro atoms. The predicted molar refractivity (Wildman–Crippen MR) is 69.1 cm³/mol. The topological polar surface area (TPSA) is 126 Å². The molecule has 0 bridgehead atoms. The Bertz CT molecular complexity index is 642. The Labute approximate surface area is 111 Å². The number of pyridine rings is 1. The van der Waals surface area contributed by atoms with Crippen molar-refractivity contribution < 1.29 is 8.42 Å². The van der Waals surface area contributed by atoms with E-state index in [1.165, 1.54) is 24.7 Å². The molecule has 0 saturated carbocycles. The maximum Gasteiger partial charge on any atom is 0.267 e. The summed E-state index contributed by atoms with van der Waals surface area (Å²) in [7, 11) is -3.83. The molecule has 0 atom stereocenters. The molecule has 0 saturated heterocycles. The smallest absolute Gasteiger partial charge is 0.267 e. The van der Waals surface area contributed by atoms with Crippen molar-refractivity contribution in [3.05, 3.63) is 29.1 Å². The molecule has 10 heteroatoms. The van der Waals surface area contributed by atoms with Crippen molar-refractivity contribution in [1.29, 1.82) is 0 Å². The third-order valence-electron chi connectivity index (χ3n) is 1.97. The van der Waals surface area contributed by atoms with Crippen LogP contribution in [0.3, 0.4) is 0 Å². The minimum atomic E-state index is -3.83. The molecule has 2 heterocycles. The van der Waals surface area contributed by atoms with Gasteiger partial charge in [0.1, 0.15) is 4.90 Å². The normalized spacial score (nSPS) is 11.2. The van der Waals surface area contributed by atoms with Crippen molar-refractivity contribution >= 4 is 37.7 Å². The third kappa shape index (κ3) is 2.60. The molecule has 2 aromatic rings. The zero-order chi connectivity index (χ0) is 13.2. The number of halogens is 1. The van der Waals surface area contributed by atoms with Crippen LogP contribution in [-0.4, -0.2) is 23.4 Å². The minimum Gasteiger partial charge on any atom is -0.330 e. The number of hydrogen-bond acceptors (Lipinski definition) is 6. The Balaban J connectivity index is 2.43. The lowest BCUT2D eigenvalue weighted by Gasteiger charge is -2.09. The molecule has 0 aromatic carbocycles. The molecule has 0 fully saturated rings. The molecule has 18 heavy (non-hydrogen) atoms. The first-order valence-electron chi connectivity index (χ1n) is 4.67. The second-order valence-corrected chi connectivity index (χ2v) is 5.75. The number of sulfonamides is 1. The first-order valence-corrected chi connectivity index (χ1v) is 6.95. The fourth-order valence-electron chi connectivity index (χ4n) is 1.24. The standard InChI is InChI=1S/C8H9BrN6O2S/c9-5-3-6(7(14-10)13-4-5)18(16,17)15-8-11-1-2-12-8/h1-4H,10H2,(H,13,14)(H2,11,12,15). The van der Waals surface area contributed by atoms with Crippen LogP contribution < -0.4 is 16.0 Å². The van der Waals surface area contributed by atoms with E-state index in [0.717, 1.165) is 0 Å². The van der Waals surface area contributed by atoms with Crippen molar-refractivity contribution in [2.45, 2.75) is 4.90 Å². The van der Waals surface area contributed by atoms with E-state index < -0.39 is 10.0 Å². The molecule has 2 aromatic heterocycles. The number of nitrogen functional groups attached to an aromatic ring is 1. The van der Waals surface area contributed by atoms with Gasteiger partial charge in [-0.05, 0) is 22.0 Å². The van der Waals surface area contributed by atoms with Crippen LogP contribution in [0.5, 0.6) is 0 Å². The maximum absolute atomic E-state index is 12.1. The number of imidazole rings is 1. The van der Waals surface area contributed by atoms with Crippen LogP contribution in [0.4, 0.5) is 11.8 Å². The van der Waals surface area contributed by atoms with E-state index in [2.05, 4.69) is 41.0 Å². The summed E-state index contributed by atoms with van der Waals surface area (Å²) in [5.41, 5.74) is 2.23. The molecule has 0 aliphatic carbocycles. The van der Waals surface area contributed by atoms with Crippen LogP contribution in [0.1, 0.15) is 0 Å². The zero-order valence-electron chi connectivity index (χ0n) is 8.88. The highest BCUT2D eigenvalue weighted by atomic mass is 79.9. The van der Waals surface area contributed by atoms with Gasteiger partial charge in [-0.2, -0.15) is 0 Å². The number of hydrazine groups is 1. The lowest BCUT2D eigenvalue weighted by Crippen LogP contribution is -2.19. The Morgan fingerprint density at radius 3 is 2.78 bits per heavy atom. The Morgan fingerprint density at radius 2 is 2.17 bits per heavy atom. The summed E-state index contributed by atoms with van der Waals surface area (Å²) >= 11 is 3.15. The van der Waals surface area contributed by atoms with Crippen molar-refractivity contribution in [3.8, 4) is 0 Å². The highest BCUT2D eigenvalue weighted by Crippen LogP contribution is 2.23. The van der Waals surface area contributed by atoms with Crippen LogP contribution >= 0.6 is 15.9 Å². The summed E-state index contributed by atoms with van der Waals surface area (Å²) in [5, 5.41) is 0. The summed E-state index contributed by atoms with van der Waals surface area (Å²) in [6.45, 7) is 0. The van der Waals surface area contributed by atoms with Gasteiger partial charge in [-0.15, -0.1) is 0 Å². The Morgan fingerprint density at radius 1 is 1.39 bits per heavy atom. The average molecular weight is 333 g/mol. The number of rotatable bonds is 4. The number of nitrogens with one attached hydrogen (secondary N) is 3. The summed E-state index contributed by atoms with van der Waals surface area (Å²) in [6, 6.07) is 1.38. The van der Waals surface area contributed by atoms with Crippen LogP contribution in [0, 0.1) is 0 Å². The maximum atomic E-state index is 12.1. The van der Waals surface area contributed by atoms with Crippen LogP contribution in [0.25, 0.3) is 0 Å². The number of anilines is 2. The van der Waals surface area contributed by atoms with Gasteiger partial charge in [-0.25, -0.2) is 29.0 Å². The number of aromatic nitrogens is 3. The number of nitrogens with zero attached hydrogens (tertiary/aromatic N) is 2. The van der Waals surface area contributed by atoms with Crippen LogP contribution in [0.15, 0.2) is 34.0 Å². The Kier molecular flexibility index (Phi) is 3.50. The van der Waals surface area contributed by atoms with Gasteiger partial charge in [-0.1, -0.05) is 0 Å². The van der Waals surface area contributed by atoms with Crippen molar-refractivity contribution in [3.63, 3.8) is 0 Å². The molecule has 8 nitrogen and oxygen atoms in total. The fraction of sp³-hybridized carbons (Fsp3) is 0. The van der Waals surface area contributed by atoms with E-state index in [1.54, 1.807) is 0 Å². The molecular weight excluding hydrogens is 324 g/mol. The van der Waals surface area contributed by atoms with Gasteiger partial charge in [0.15, 0.2) is 5.82 Å². The van der Waals surface area contributed by atoms with Crippen molar-refractivity contribution in [2.24, 2.45) is 5.84 Å². The SMILES string of the molecule is NNc1ncc(Br)cc1S(=O)(=O)Nc1ncc[nH]1. The summed E-state index contributed by atoms with van der Waals surface area (Å²) < 4.78 is 27.0. The van der Waals surface area contributed by atoms with Gasteiger partial charge in [0.2, 0.25) is 5.95 Å². The predicted octanol–water partition coefficient (Wildman–Crippen LogP) is 0.654. The molecule has 0 aliphatic rings. The third-order valence-corrected chi connectivity index (χ3v) is 3.76. The van der Waals surface area contributed by atoms with E-state index in [-0.39, 0.29) is 16.7 Å². The largest absolute Gasteiger partial charge is 0.330 e. The van der Waals surface area contributed by atoms with Gasteiger partial charge in [0, 0.05) is 23.1 Å². The van der Waals surface area contributed by atoms with E-state index in [0.29, 0.717) is 4.47 Å². The monoisotopic (exact) mass is 332 g/mol. The molecule has 5 N–H and O–H groups in total. The van der Waals surface area contributed by atoms with Crippen molar-refractivity contribution in [2.75, 3.05) is 10.1 Å². The molecule has 2 rings (SSSR count). The summed E-state index contributed by atoms with van der Waals surface area (Å²) in [5.74, 6) is 5.38. The number of H-pyrrole nitrogens is 1. The van der Waals surface area contributed by atoms with Gasteiger partial charge >= 0.3 is 0 Å². The fourth-order valence-corrected chi connectivity index (χ4v) is 2.84. The molecular formula is C8H9BrN6O2S. The molecule has 96 valence electrons. The van der Waals surface area contributed by atoms with E-state index in [1.807, 2.05) is 0 Å². The van der Waals surface area contributed by atoms with Crippen LogP contribution in [0.2, 0.25) is 0 Å². The molecule has 0 aliphatic heterocycles. The van der Waals surface area contributed by atoms with Crippen LogP contribution in [-0.2, 0) is 10.0 Å².